The third-order valence-corrected chi connectivity index (χ3v) is 9.64. The van der Waals surface area contributed by atoms with Crippen LogP contribution in [0.3, 0.4) is 0 Å². The molecule has 6 nitrogen and oxygen atoms in total. The van der Waals surface area contributed by atoms with Gasteiger partial charge >= 0.3 is 0 Å². The van der Waals surface area contributed by atoms with Gasteiger partial charge in [-0.1, -0.05) is 35.7 Å². The summed E-state index contributed by atoms with van der Waals surface area (Å²) < 4.78 is 32.6. The van der Waals surface area contributed by atoms with Crippen LogP contribution < -0.4 is 15.8 Å². The summed E-state index contributed by atoms with van der Waals surface area (Å²) in [6.45, 7) is 5.77. The highest BCUT2D eigenvalue weighted by molar-refractivity contribution is 8.05. The van der Waals surface area contributed by atoms with Gasteiger partial charge in [0.25, 0.3) is 5.92 Å². The van der Waals surface area contributed by atoms with Crippen molar-refractivity contribution in [1.82, 2.24) is 9.88 Å². The first-order valence-corrected chi connectivity index (χ1v) is 14.5. The maximum Gasteiger partial charge on any atom is 0.261 e. The van der Waals surface area contributed by atoms with Crippen molar-refractivity contribution in [2.24, 2.45) is 0 Å². The Balaban J connectivity index is 1.20. The number of anilines is 2. The molecule has 3 aromatic rings. The van der Waals surface area contributed by atoms with Crippen LogP contribution in [0.1, 0.15) is 13.3 Å². The Morgan fingerprint density at radius 1 is 1.05 bits per heavy atom. The van der Waals surface area contributed by atoms with E-state index in [0.29, 0.717) is 26.3 Å². The molecule has 3 aliphatic rings. The molecule has 1 aromatic heterocycles. The lowest BCUT2D eigenvalue weighted by molar-refractivity contribution is 0.0121. The van der Waals surface area contributed by atoms with Crippen molar-refractivity contribution in [1.29, 1.82) is 0 Å². The van der Waals surface area contributed by atoms with Gasteiger partial charge in [-0.15, -0.1) is 0 Å². The average Bonchev–Trinajstić information content (AvgIpc) is 3.24. The van der Waals surface area contributed by atoms with E-state index in [0.717, 1.165) is 55.3 Å². The fourth-order valence-corrected chi connectivity index (χ4v) is 7.67. The van der Waals surface area contributed by atoms with E-state index in [9.17, 15) is 13.6 Å². The van der Waals surface area contributed by atoms with Crippen LogP contribution in [0.2, 0.25) is 0 Å². The zero-order valence-corrected chi connectivity index (χ0v) is 22.8. The van der Waals surface area contributed by atoms with Crippen molar-refractivity contribution in [2.75, 3.05) is 56.2 Å². The van der Waals surface area contributed by atoms with Crippen molar-refractivity contribution >= 4 is 34.9 Å². The Hall–Kier alpha value is -2.53. The molecule has 200 valence electrons. The molecule has 38 heavy (non-hydrogen) atoms. The summed E-state index contributed by atoms with van der Waals surface area (Å²) in [6, 6.07) is 16.3. The predicted octanol–water partition coefficient (Wildman–Crippen LogP) is 5.64. The van der Waals surface area contributed by atoms with E-state index in [1.54, 1.807) is 29.6 Å². The molecule has 0 saturated carbocycles. The highest BCUT2D eigenvalue weighted by Gasteiger charge is 2.38. The second kappa shape index (κ2) is 10.6. The van der Waals surface area contributed by atoms with Crippen molar-refractivity contribution < 1.29 is 13.5 Å². The summed E-state index contributed by atoms with van der Waals surface area (Å²) >= 11 is 3.42. The number of likely N-dealkylation sites (tertiary alicyclic amines) is 1. The first-order chi connectivity index (χ1) is 18.3. The monoisotopic (exact) mass is 556 g/mol. The lowest BCUT2D eigenvalue weighted by atomic mass is 10.1. The Kier molecular flexibility index (Phi) is 7.15. The lowest BCUT2D eigenvalue weighted by Crippen LogP contribution is -2.36. The maximum atomic E-state index is 13.6. The summed E-state index contributed by atoms with van der Waals surface area (Å²) in [6.07, 6.45) is -0.0563. The number of aromatic nitrogens is 1. The second-order valence-corrected chi connectivity index (χ2v) is 12.2. The number of ether oxygens (including phenoxy) is 1. The molecule has 0 bridgehead atoms. The van der Waals surface area contributed by atoms with Crippen LogP contribution in [0.25, 0.3) is 11.3 Å². The number of benzene rings is 2. The molecule has 2 aromatic carbocycles. The summed E-state index contributed by atoms with van der Waals surface area (Å²) in [5, 5.41) is 3.49. The minimum atomic E-state index is -2.57. The number of H-pyrrole nitrogens is 1. The Morgan fingerprint density at radius 2 is 1.89 bits per heavy atom. The van der Waals surface area contributed by atoms with Gasteiger partial charge in [0.2, 0.25) is 5.56 Å². The minimum Gasteiger partial charge on any atom is -0.381 e. The van der Waals surface area contributed by atoms with Crippen LogP contribution in [0, 0.1) is 0 Å². The molecular formula is C28H30F2N4O2S2. The number of morpholine rings is 1. The van der Waals surface area contributed by atoms with E-state index in [2.05, 4.69) is 51.6 Å². The van der Waals surface area contributed by atoms with Gasteiger partial charge in [-0.05, 0) is 37.3 Å². The predicted molar refractivity (Wildman–Crippen MR) is 149 cm³/mol. The molecule has 1 unspecified atom stereocenters. The first kappa shape index (κ1) is 25.7. The van der Waals surface area contributed by atoms with E-state index >= 15 is 0 Å². The number of rotatable bonds is 6. The highest BCUT2D eigenvalue weighted by atomic mass is 32.2. The summed E-state index contributed by atoms with van der Waals surface area (Å²) in [7, 11) is 0. The van der Waals surface area contributed by atoms with E-state index in [4.69, 9.17) is 4.74 Å². The zero-order chi connectivity index (χ0) is 26.3. The Bertz CT molecular complexity index is 1390. The quantitative estimate of drug-likeness (QED) is 0.319. The molecule has 6 rings (SSSR count). The van der Waals surface area contributed by atoms with E-state index in [1.165, 1.54) is 0 Å². The molecule has 2 N–H and O–H groups in total. The Morgan fingerprint density at radius 3 is 2.68 bits per heavy atom. The van der Waals surface area contributed by atoms with Gasteiger partial charge in [-0.3, -0.25) is 9.69 Å². The number of hydrogen-bond donors (Lipinski definition) is 2. The fourth-order valence-electron chi connectivity index (χ4n) is 5.26. The molecule has 2 saturated heterocycles. The van der Waals surface area contributed by atoms with Crippen molar-refractivity contribution in [3.8, 4) is 11.3 Å². The second-order valence-electron chi connectivity index (χ2n) is 10.1. The number of pyridine rings is 1. The van der Waals surface area contributed by atoms with Crippen LogP contribution in [0.4, 0.5) is 20.2 Å². The minimum absolute atomic E-state index is 0.0534. The SMILES string of the molecule is CC(CN1CCC(F)(F)C1)Nc1ccc2c(c1)Sc1cccc(-c3cc(N4CCOCC4)cc(=O)[nH]3)c1S2. The van der Waals surface area contributed by atoms with E-state index in [1.807, 2.05) is 17.9 Å². The molecular weight excluding hydrogens is 526 g/mol. The average molecular weight is 557 g/mol. The number of hydrogen-bond acceptors (Lipinski definition) is 7. The molecule has 0 spiro atoms. The molecule has 0 aliphatic carbocycles. The van der Waals surface area contributed by atoms with Crippen LogP contribution in [0.5, 0.6) is 0 Å². The van der Waals surface area contributed by atoms with Gasteiger partial charge in [0, 0.05) is 81.2 Å². The van der Waals surface area contributed by atoms with Crippen LogP contribution in [-0.2, 0) is 4.74 Å². The largest absolute Gasteiger partial charge is 0.381 e. The third-order valence-electron chi connectivity index (χ3n) is 7.04. The van der Waals surface area contributed by atoms with Gasteiger partial charge < -0.3 is 19.9 Å². The summed E-state index contributed by atoms with van der Waals surface area (Å²) in [4.78, 5) is 24.2. The third kappa shape index (κ3) is 5.59. The van der Waals surface area contributed by atoms with Crippen molar-refractivity contribution in [2.45, 2.75) is 44.9 Å². The molecule has 3 aliphatic heterocycles. The number of alkyl halides is 2. The normalized spacial score (nSPS) is 19.6. The smallest absolute Gasteiger partial charge is 0.261 e. The molecule has 2 fully saturated rings. The van der Waals surface area contributed by atoms with Gasteiger partial charge in [0.1, 0.15) is 0 Å². The summed E-state index contributed by atoms with van der Waals surface area (Å²) in [5.74, 6) is -2.57. The van der Waals surface area contributed by atoms with E-state index < -0.39 is 5.92 Å². The van der Waals surface area contributed by atoms with Crippen molar-refractivity contribution in [3.63, 3.8) is 0 Å². The standard InChI is InChI=1S/C28H30F2N4O2S2/c1-18(16-33-8-7-28(29,30)17-33)31-19-5-6-23-25(13-19)37-24-4-2-3-21(27(24)38-23)22-14-20(15-26(35)32-22)34-9-11-36-12-10-34/h2-6,13-15,18,31H,7-12,16-17H2,1H3,(H,32,35). The van der Waals surface area contributed by atoms with Crippen LogP contribution in [-0.4, -0.2) is 67.8 Å². The zero-order valence-electron chi connectivity index (χ0n) is 21.1. The van der Waals surface area contributed by atoms with Crippen LogP contribution >= 0.6 is 23.5 Å². The summed E-state index contributed by atoms with van der Waals surface area (Å²) in [5.41, 5.74) is 3.61. The van der Waals surface area contributed by atoms with Gasteiger partial charge in [0.15, 0.2) is 0 Å². The van der Waals surface area contributed by atoms with Crippen molar-refractivity contribution in [3.05, 3.63) is 58.9 Å². The number of aromatic amines is 1. The number of nitrogens with zero attached hydrogens (tertiary/aromatic N) is 2. The first-order valence-electron chi connectivity index (χ1n) is 12.9. The molecule has 0 radical (unpaired) electrons. The van der Waals surface area contributed by atoms with Gasteiger partial charge in [-0.25, -0.2) is 8.78 Å². The van der Waals surface area contributed by atoms with Gasteiger partial charge in [-0.2, -0.15) is 0 Å². The number of nitrogens with one attached hydrogen (secondary N) is 2. The fraction of sp³-hybridized carbons (Fsp3) is 0.393. The van der Waals surface area contributed by atoms with Crippen LogP contribution in [0.15, 0.2) is 72.9 Å². The molecule has 10 heteroatoms. The lowest BCUT2D eigenvalue weighted by Gasteiger charge is -2.29. The molecule has 1 atom stereocenters. The number of fused-ring (bicyclic) bond motifs is 2. The topological polar surface area (TPSA) is 60.6 Å². The molecule has 4 heterocycles. The maximum absolute atomic E-state index is 13.6. The van der Waals surface area contributed by atoms with E-state index in [-0.39, 0.29) is 24.6 Å². The Labute approximate surface area is 229 Å². The molecule has 0 amide bonds. The van der Waals surface area contributed by atoms with Gasteiger partial charge in [0.05, 0.1) is 25.5 Å². The number of halogens is 2. The highest BCUT2D eigenvalue weighted by Crippen LogP contribution is 2.52.